The van der Waals surface area contributed by atoms with Crippen LogP contribution in [-0.4, -0.2) is 35.8 Å². The van der Waals surface area contributed by atoms with E-state index in [9.17, 15) is 24.3 Å². The Labute approximate surface area is 255 Å². The molecule has 3 aromatic carbocycles. The van der Waals surface area contributed by atoms with Gasteiger partial charge in [0, 0.05) is 5.92 Å². The second kappa shape index (κ2) is 10.0. The summed E-state index contributed by atoms with van der Waals surface area (Å²) >= 11 is 0. The maximum Gasteiger partial charge on any atom is 0.241 e. The average molecular weight is 589 g/mol. The van der Waals surface area contributed by atoms with Crippen molar-refractivity contribution >= 4 is 41.1 Å². The molecule has 4 aliphatic rings. The van der Waals surface area contributed by atoms with E-state index < -0.39 is 35.0 Å². The summed E-state index contributed by atoms with van der Waals surface area (Å²) < 4.78 is 5.43. The van der Waals surface area contributed by atoms with Crippen LogP contribution in [0.1, 0.15) is 36.8 Å². The van der Waals surface area contributed by atoms with E-state index in [0.717, 1.165) is 11.1 Å². The van der Waals surface area contributed by atoms with Gasteiger partial charge in [0.05, 0.1) is 41.7 Å². The van der Waals surface area contributed by atoms with E-state index in [4.69, 9.17) is 4.74 Å². The fourth-order valence-corrected chi connectivity index (χ4v) is 8.11. The summed E-state index contributed by atoms with van der Waals surface area (Å²) in [5, 5.41) is 10.4. The molecule has 2 saturated heterocycles. The zero-order chi connectivity index (χ0) is 30.9. The second-order valence-corrected chi connectivity index (χ2v) is 12.2. The number of hydrogen-bond acceptors (Lipinski definition) is 6. The molecule has 2 heterocycles. The molecular weight excluding hydrogens is 556 g/mol. The number of anilines is 2. The quantitative estimate of drug-likeness (QED) is 0.313. The molecule has 6 atom stereocenters. The van der Waals surface area contributed by atoms with Gasteiger partial charge in [-0.3, -0.25) is 24.1 Å². The topological polar surface area (TPSA) is 104 Å². The molecule has 0 aromatic heterocycles. The van der Waals surface area contributed by atoms with E-state index in [0.29, 0.717) is 23.4 Å². The maximum absolute atomic E-state index is 14.4. The van der Waals surface area contributed by atoms with Gasteiger partial charge < -0.3 is 9.84 Å². The molecule has 8 heteroatoms. The highest BCUT2D eigenvalue weighted by molar-refractivity contribution is 6.25. The number of hydrogen-bond donors (Lipinski definition) is 1. The number of para-hydroxylation sites is 1. The minimum Gasteiger partial charge on any atom is -0.504 e. The number of methoxy groups -OCH3 is 1. The van der Waals surface area contributed by atoms with Crippen molar-refractivity contribution in [2.45, 2.75) is 25.7 Å². The number of ether oxygens (including phenoxy) is 1. The number of benzene rings is 3. The molecule has 0 radical (unpaired) electrons. The van der Waals surface area contributed by atoms with Gasteiger partial charge in [-0.25, -0.2) is 4.90 Å². The zero-order valence-corrected chi connectivity index (χ0v) is 24.5. The SMILES string of the molecule is C=Cc1ccc(N2C(=O)C3CC=C4C(CC5C(=O)N(c6ccccc6)C(=O)C5(C)C4c4ccc(O)c(OC)c4)C3C2=O)cc1. The predicted octanol–water partition coefficient (Wildman–Crippen LogP) is 5.48. The summed E-state index contributed by atoms with van der Waals surface area (Å²) in [5.74, 6) is -3.94. The largest absolute Gasteiger partial charge is 0.504 e. The van der Waals surface area contributed by atoms with Gasteiger partial charge in [0.1, 0.15) is 0 Å². The van der Waals surface area contributed by atoms with Gasteiger partial charge in [0.2, 0.25) is 23.6 Å². The molecule has 2 aliphatic heterocycles. The first-order valence-corrected chi connectivity index (χ1v) is 14.8. The van der Waals surface area contributed by atoms with Crippen molar-refractivity contribution < 1.29 is 29.0 Å². The monoisotopic (exact) mass is 588 g/mol. The molecule has 1 saturated carbocycles. The van der Waals surface area contributed by atoms with Crippen LogP contribution in [0.4, 0.5) is 11.4 Å². The molecule has 3 fully saturated rings. The predicted molar refractivity (Wildman–Crippen MR) is 165 cm³/mol. The minimum atomic E-state index is -1.17. The molecule has 0 spiro atoms. The minimum absolute atomic E-state index is 0.0441. The average Bonchev–Trinajstić information content (AvgIpc) is 3.41. The fourth-order valence-electron chi connectivity index (χ4n) is 8.11. The molecule has 7 rings (SSSR count). The van der Waals surface area contributed by atoms with Crippen molar-refractivity contribution in [1.82, 2.24) is 0 Å². The summed E-state index contributed by atoms with van der Waals surface area (Å²) in [7, 11) is 1.46. The van der Waals surface area contributed by atoms with Crippen LogP contribution in [-0.2, 0) is 19.2 Å². The number of aromatic hydroxyl groups is 1. The van der Waals surface area contributed by atoms with Crippen LogP contribution < -0.4 is 14.5 Å². The molecule has 4 amide bonds. The highest BCUT2D eigenvalue weighted by Crippen LogP contribution is 2.64. The molecule has 222 valence electrons. The number of carbonyl (C=O) groups excluding carboxylic acids is 4. The van der Waals surface area contributed by atoms with Crippen molar-refractivity contribution in [2.75, 3.05) is 16.9 Å². The van der Waals surface area contributed by atoms with Crippen molar-refractivity contribution in [3.63, 3.8) is 0 Å². The summed E-state index contributed by atoms with van der Waals surface area (Å²) in [5.41, 5.74) is 2.28. The Bertz CT molecular complexity index is 1760. The third-order valence-corrected chi connectivity index (χ3v) is 10.2. The second-order valence-electron chi connectivity index (χ2n) is 12.2. The van der Waals surface area contributed by atoms with E-state index >= 15 is 0 Å². The summed E-state index contributed by atoms with van der Waals surface area (Å²) in [6, 6.07) is 21.0. The van der Waals surface area contributed by atoms with Gasteiger partial charge in [0.15, 0.2) is 11.5 Å². The number of carbonyl (C=O) groups is 4. The van der Waals surface area contributed by atoms with Crippen molar-refractivity contribution in [3.05, 3.63) is 102 Å². The van der Waals surface area contributed by atoms with E-state index in [1.54, 1.807) is 54.6 Å². The van der Waals surface area contributed by atoms with Crippen LogP contribution in [0.5, 0.6) is 11.5 Å². The Balaban J connectivity index is 1.36. The number of rotatable bonds is 5. The lowest BCUT2D eigenvalue weighted by molar-refractivity contribution is -0.131. The number of fused-ring (bicyclic) bond motifs is 4. The molecule has 44 heavy (non-hydrogen) atoms. The Morgan fingerprint density at radius 2 is 1.59 bits per heavy atom. The number of amides is 4. The van der Waals surface area contributed by atoms with Gasteiger partial charge in [-0.05, 0) is 73.2 Å². The molecule has 6 unspecified atom stereocenters. The lowest BCUT2D eigenvalue weighted by Crippen LogP contribution is -2.48. The standard InChI is InChI=1S/C36H32N2O6/c1-4-20-10-13-23(14-11-20)37-32(40)25-16-15-24-26(30(25)34(37)42)19-27-33(41)38(22-8-6-5-7-9-22)35(43)36(27,2)31(24)21-12-17-28(39)29(18-21)44-3/h4-15,17-18,25-27,30-31,39H,1,16,19H2,2-3H3. The Kier molecular flexibility index (Phi) is 6.35. The Morgan fingerprint density at radius 3 is 2.27 bits per heavy atom. The van der Waals surface area contributed by atoms with Crippen LogP contribution in [0.25, 0.3) is 6.08 Å². The van der Waals surface area contributed by atoms with E-state index in [2.05, 4.69) is 6.58 Å². The zero-order valence-electron chi connectivity index (χ0n) is 24.5. The number of phenolic OH excluding ortho intramolecular Hbond substituents is 1. The highest BCUT2D eigenvalue weighted by Gasteiger charge is 2.67. The van der Waals surface area contributed by atoms with Gasteiger partial charge in [-0.2, -0.15) is 0 Å². The molecular formula is C36H32N2O6. The van der Waals surface area contributed by atoms with Crippen molar-refractivity contribution in [1.29, 1.82) is 0 Å². The molecule has 3 aromatic rings. The Morgan fingerprint density at radius 1 is 0.886 bits per heavy atom. The Hall–Kier alpha value is -4.98. The molecule has 1 N–H and O–H groups in total. The van der Waals surface area contributed by atoms with Gasteiger partial charge in [-0.1, -0.05) is 60.7 Å². The highest BCUT2D eigenvalue weighted by atomic mass is 16.5. The van der Waals surface area contributed by atoms with E-state index in [-0.39, 0.29) is 41.5 Å². The van der Waals surface area contributed by atoms with Crippen LogP contribution >= 0.6 is 0 Å². The normalized spacial score (nSPS) is 29.2. The maximum atomic E-state index is 14.4. The lowest BCUT2D eigenvalue weighted by Gasteiger charge is -2.49. The smallest absolute Gasteiger partial charge is 0.241 e. The number of phenols is 1. The summed E-state index contributed by atoms with van der Waals surface area (Å²) in [6.45, 7) is 5.61. The number of imide groups is 2. The van der Waals surface area contributed by atoms with E-state index in [1.165, 1.54) is 23.0 Å². The van der Waals surface area contributed by atoms with Crippen LogP contribution in [0.15, 0.2) is 91.0 Å². The fraction of sp³-hybridized carbons (Fsp3) is 0.278. The third kappa shape index (κ3) is 3.76. The number of allylic oxidation sites excluding steroid dienone is 2. The first-order chi connectivity index (χ1) is 21.2. The van der Waals surface area contributed by atoms with Gasteiger partial charge in [0.25, 0.3) is 0 Å². The molecule has 8 nitrogen and oxygen atoms in total. The third-order valence-electron chi connectivity index (χ3n) is 10.2. The number of nitrogens with zero attached hydrogens (tertiary/aromatic N) is 2. The lowest BCUT2D eigenvalue weighted by atomic mass is 9.51. The summed E-state index contributed by atoms with van der Waals surface area (Å²) in [6.07, 6.45) is 4.32. The van der Waals surface area contributed by atoms with Crippen LogP contribution in [0, 0.1) is 29.1 Å². The van der Waals surface area contributed by atoms with Crippen LogP contribution in [0.3, 0.4) is 0 Å². The van der Waals surface area contributed by atoms with E-state index in [1.807, 2.05) is 31.2 Å². The van der Waals surface area contributed by atoms with Crippen molar-refractivity contribution in [3.8, 4) is 11.5 Å². The molecule has 2 aliphatic carbocycles. The van der Waals surface area contributed by atoms with Crippen LogP contribution in [0.2, 0.25) is 0 Å². The first kappa shape index (κ1) is 27.8. The summed E-state index contributed by atoms with van der Waals surface area (Å²) in [4.78, 5) is 59.2. The first-order valence-electron chi connectivity index (χ1n) is 14.8. The van der Waals surface area contributed by atoms with Gasteiger partial charge >= 0.3 is 0 Å². The van der Waals surface area contributed by atoms with Gasteiger partial charge in [-0.15, -0.1) is 0 Å². The van der Waals surface area contributed by atoms with Crippen molar-refractivity contribution in [2.24, 2.45) is 29.1 Å². The molecule has 0 bridgehead atoms.